The quantitative estimate of drug-likeness (QED) is 0.666. The maximum atomic E-state index is 13.1. The van der Waals surface area contributed by atoms with E-state index in [1.807, 2.05) is 31.2 Å². The highest BCUT2D eigenvalue weighted by Crippen LogP contribution is 2.32. The Morgan fingerprint density at radius 2 is 1.84 bits per heavy atom. The molecule has 7 nitrogen and oxygen atoms in total. The van der Waals surface area contributed by atoms with Gasteiger partial charge >= 0.3 is 0 Å². The molecule has 4 rings (SSSR count). The van der Waals surface area contributed by atoms with Gasteiger partial charge in [-0.1, -0.05) is 41.9 Å². The number of carbonyl (C=O) groups is 2. The molecule has 0 fully saturated rings. The maximum absolute atomic E-state index is 13.1. The zero-order chi connectivity index (χ0) is 22.0. The Labute approximate surface area is 184 Å². The van der Waals surface area contributed by atoms with Gasteiger partial charge in [0, 0.05) is 29.4 Å². The number of carbonyl (C=O) groups excluding carboxylic acids is 2. The summed E-state index contributed by atoms with van der Waals surface area (Å²) in [5, 5.41) is 7.52. The van der Waals surface area contributed by atoms with Crippen molar-refractivity contribution < 1.29 is 9.59 Å². The highest BCUT2D eigenvalue weighted by atomic mass is 35.5. The molecule has 1 N–H and O–H groups in total. The monoisotopic (exact) mass is 436 g/mol. The molecule has 0 aliphatic carbocycles. The van der Waals surface area contributed by atoms with Crippen LogP contribution in [-0.2, 0) is 24.3 Å². The van der Waals surface area contributed by atoms with Crippen LogP contribution < -0.4 is 15.8 Å². The molecular formula is C23H21ClN4O3. The Morgan fingerprint density at radius 3 is 2.61 bits per heavy atom. The van der Waals surface area contributed by atoms with Crippen molar-refractivity contribution in [1.82, 2.24) is 15.1 Å². The molecule has 158 valence electrons. The van der Waals surface area contributed by atoms with Gasteiger partial charge in [0.2, 0.25) is 5.91 Å². The first-order chi connectivity index (χ1) is 14.9. The van der Waals surface area contributed by atoms with E-state index in [0.29, 0.717) is 11.6 Å². The third-order valence-corrected chi connectivity index (χ3v) is 5.46. The lowest BCUT2D eigenvalue weighted by atomic mass is 10.1. The van der Waals surface area contributed by atoms with Crippen molar-refractivity contribution in [3.8, 4) is 0 Å². The zero-order valence-electron chi connectivity index (χ0n) is 16.9. The molecule has 2 heterocycles. The van der Waals surface area contributed by atoms with E-state index in [1.165, 1.54) is 12.1 Å². The Morgan fingerprint density at radius 1 is 1.10 bits per heavy atom. The molecule has 2 aromatic carbocycles. The molecule has 8 heteroatoms. The number of benzene rings is 2. The van der Waals surface area contributed by atoms with Crippen molar-refractivity contribution in [2.45, 2.75) is 32.5 Å². The van der Waals surface area contributed by atoms with E-state index < -0.39 is 5.56 Å². The van der Waals surface area contributed by atoms with Gasteiger partial charge in [-0.2, -0.15) is 5.10 Å². The molecule has 0 saturated carbocycles. The zero-order valence-corrected chi connectivity index (χ0v) is 17.7. The van der Waals surface area contributed by atoms with E-state index in [1.54, 1.807) is 29.2 Å². The van der Waals surface area contributed by atoms with Crippen molar-refractivity contribution in [2.24, 2.45) is 0 Å². The number of nitrogens with one attached hydrogen (secondary N) is 1. The van der Waals surface area contributed by atoms with E-state index >= 15 is 0 Å². The molecule has 1 aliphatic rings. The van der Waals surface area contributed by atoms with Crippen LogP contribution in [0.15, 0.2) is 65.5 Å². The summed E-state index contributed by atoms with van der Waals surface area (Å²) >= 11 is 5.86. The van der Waals surface area contributed by atoms with Gasteiger partial charge in [0.25, 0.3) is 11.5 Å². The van der Waals surface area contributed by atoms with E-state index in [-0.39, 0.29) is 30.1 Å². The molecule has 0 spiro atoms. The second-order valence-electron chi connectivity index (χ2n) is 7.47. The number of amides is 2. The Hall–Kier alpha value is -3.45. The maximum Gasteiger partial charge on any atom is 0.278 e. The summed E-state index contributed by atoms with van der Waals surface area (Å²) in [6.45, 7) is 1.99. The minimum absolute atomic E-state index is 0.0187. The van der Waals surface area contributed by atoms with E-state index in [0.717, 1.165) is 27.9 Å². The van der Waals surface area contributed by atoms with Crippen LogP contribution in [0.25, 0.3) is 0 Å². The fraction of sp³-hybridized carbons (Fsp3) is 0.217. The number of aromatic nitrogens is 2. The smallest absolute Gasteiger partial charge is 0.278 e. The van der Waals surface area contributed by atoms with Gasteiger partial charge in [0.1, 0.15) is 12.2 Å². The number of halogens is 1. The van der Waals surface area contributed by atoms with Crippen LogP contribution in [0.5, 0.6) is 0 Å². The van der Waals surface area contributed by atoms with Gasteiger partial charge in [-0.25, -0.2) is 4.68 Å². The number of anilines is 1. The number of fused-ring (bicyclic) bond motifs is 1. The van der Waals surface area contributed by atoms with Gasteiger partial charge in [0.15, 0.2) is 0 Å². The number of hydrogen-bond acceptors (Lipinski definition) is 4. The van der Waals surface area contributed by atoms with Gasteiger partial charge in [-0.05, 0) is 48.7 Å². The van der Waals surface area contributed by atoms with Crippen LogP contribution in [0, 0.1) is 0 Å². The first-order valence-corrected chi connectivity index (χ1v) is 10.3. The number of para-hydroxylation sites is 1. The summed E-state index contributed by atoms with van der Waals surface area (Å²) in [6.07, 6.45) is 0.759. The summed E-state index contributed by atoms with van der Waals surface area (Å²) in [7, 11) is 0. The normalized spacial score (nSPS) is 14.9. The van der Waals surface area contributed by atoms with Crippen LogP contribution in [0.3, 0.4) is 0 Å². The predicted molar refractivity (Wildman–Crippen MR) is 118 cm³/mol. The van der Waals surface area contributed by atoms with Crippen molar-refractivity contribution in [3.63, 3.8) is 0 Å². The third-order valence-electron chi connectivity index (χ3n) is 5.21. The lowest BCUT2D eigenvalue weighted by Gasteiger charge is -2.22. The number of nitrogens with zero attached hydrogens (tertiary/aromatic N) is 3. The molecule has 1 aliphatic heterocycles. The third kappa shape index (κ3) is 4.51. The molecule has 1 aromatic heterocycles. The summed E-state index contributed by atoms with van der Waals surface area (Å²) in [5.41, 5.74) is 2.49. The highest BCUT2D eigenvalue weighted by Gasteiger charge is 2.32. The molecule has 0 saturated heterocycles. The molecular weight excluding hydrogens is 416 g/mol. The number of rotatable bonds is 5. The van der Waals surface area contributed by atoms with E-state index in [9.17, 15) is 14.4 Å². The molecule has 1 unspecified atom stereocenters. The standard InChI is InChI=1S/C23H21ClN4O3/c1-15-12-17-4-2-3-5-20(17)28(15)23(31)19-10-11-22(30)27(26-19)14-21(29)25-13-16-6-8-18(24)9-7-16/h2-11,15H,12-14H2,1H3,(H,25,29). The summed E-state index contributed by atoms with van der Waals surface area (Å²) < 4.78 is 1.01. The topological polar surface area (TPSA) is 84.3 Å². The Kier molecular flexibility index (Phi) is 5.86. The summed E-state index contributed by atoms with van der Waals surface area (Å²) in [5.74, 6) is -0.679. The van der Waals surface area contributed by atoms with Crippen LogP contribution in [0.1, 0.15) is 28.5 Å². The van der Waals surface area contributed by atoms with Crippen molar-refractivity contribution >= 4 is 29.1 Å². The molecule has 31 heavy (non-hydrogen) atoms. The largest absolute Gasteiger partial charge is 0.350 e. The second-order valence-corrected chi connectivity index (χ2v) is 7.91. The minimum Gasteiger partial charge on any atom is -0.350 e. The fourth-order valence-electron chi connectivity index (χ4n) is 3.67. The number of hydrogen-bond donors (Lipinski definition) is 1. The minimum atomic E-state index is -0.451. The Bertz CT molecular complexity index is 1190. The first kappa shape index (κ1) is 20.8. The first-order valence-electron chi connectivity index (χ1n) is 9.93. The highest BCUT2D eigenvalue weighted by molar-refractivity contribution is 6.30. The Balaban J connectivity index is 1.48. The predicted octanol–water partition coefficient (Wildman–Crippen LogP) is 2.80. The van der Waals surface area contributed by atoms with Crippen molar-refractivity contribution in [2.75, 3.05) is 4.90 Å². The van der Waals surface area contributed by atoms with Gasteiger partial charge in [-0.15, -0.1) is 0 Å². The van der Waals surface area contributed by atoms with Gasteiger partial charge in [0.05, 0.1) is 0 Å². The van der Waals surface area contributed by atoms with Crippen molar-refractivity contribution in [3.05, 3.63) is 92.9 Å². The van der Waals surface area contributed by atoms with Gasteiger partial charge < -0.3 is 10.2 Å². The summed E-state index contributed by atoms with van der Waals surface area (Å²) in [6, 6.07) is 17.5. The van der Waals surface area contributed by atoms with Crippen molar-refractivity contribution in [1.29, 1.82) is 0 Å². The summed E-state index contributed by atoms with van der Waals surface area (Å²) in [4.78, 5) is 39.4. The molecule has 1 atom stereocenters. The average molecular weight is 437 g/mol. The van der Waals surface area contributed by atoms with Crippen LogP contribution in [0.2, 0.25) is 5.02 Å². The van der Waals surface area contributed by atoms with Crippen LogP contribution in [0.4, 0.5) is 5.69 Å². The molecule has 3 aromatic rings. The molecule has 0 radical (unpaired) electrons. The fourth-order valence-corrected chi connectivity index (χ4v) is 3.80. The van der Waals surface area contributed by atoms with E-state index in [4.69, 9.17) is 11.6 Å². The molecule has 2 amide bonds. The molecule has 0 bridgehead atoms. The lowest BCUT2D eigenvalue weighted by molar-refractivity contribution is -0.122. The lowest BCUT2D eigenvalue weighted by Crippen LogP contribution is -2.38. The van der Waals surface area contributed by atoms with Gasteiger partial charge in [-0.3, -0.25) is 14.4 Å². The average Bonchev–Trinajstić information content (AvgIpc) is 3.10. The SMILES string of the molecule is CC1Cc2ccccc2N1C(=O)c1ccc(=O)n(CC(=O)NCc2ccc(Cl)cc2)n1. The second kappa shape index (κ2) is 8.73. The van der Waals surface area contributed by atoms with E-state index in [2.05, 4.69) is 10.4 Å². The van der Waals surface area contributed by atoms with Crippen LogP contribution >= 0.6 is 11.6 Å². The van der Waals surface area contributed by atoms with Crippen LogP contribution in [-0.4, -0.2) is 27.6 Å².